The average molecular weight is 189 g/mol. The van der Waals surface area contributed by atoms with Gasteiger partial charge >= 0.3 is 0 Å². The van der Waals surface area contributed by atoms with Crippen LogP contribution in [0.5, 0.6) is 0 Å². The van der Waals surface area contributed by atoms with Crippen LogP contribution in [-0.4, -0.2) is 34.8 Å². The highest BCUT2D eigenvalue weighted by Crippen LogP contribution is 2.09. The molecule has 5 nitrogen and oxygen atoms in total. The van der Waals surface area contributed by atoms with E-state index in [-0.39, 0.29) is 12.4 Å². The van der Waals surface area contributed by atoms with Gasteiger partial charge in [-0.2, -0.15) is 0 Å². The van der Waals surface area contributed by atoms with Gasteiger partial charge in [0.2, 0.25) is 0 Å². The Morgan fingerprint density at radius 2 is 2.23 bits per heavy atom. The fourth-order valence-corrected chi connectivity index (χ4v) is 1.12. The van der Waals surface area contributed by atoms with E-state index >= 15 is 0 Å². The Labute approximate surface area is 78.6 Å². The lowest BCUT2D eigenvalue weighted by Gasteiger charge is -2.22. The molecule has 1 unspecified atom stereocenters. The third-order valence-electron chi connectivity index (χ3n) is 1.73. The van der Waals surface area contributed by atoms with Crippen molar-refractivity contribution in [3.8, 4) is 0 Å². The molecule has 0 fully saturated rings. The number of hydrogen-bond donors (Lipinski definition) is 4. The molecule has 0 aliphatic carbocycles. The molecule has 0 rings (SSSR count). The lowest BCUT2D eigenvalue weighted by Crippen LogP contribution is -2.41. The summed E-state index contributed by atoms with van der Waals surface area (Å²) in [5.41, 5.74) is 4.51. The molecule has 0 aromatic carbocycles. The van der Waals surface area contributed by atoms with Gasteiger partial charge in [-0.05, 0) is 13.3 Å². The van der Waals surface area contributed by atoms with E-state index in [0.29, 0.717) is 6.54 Å². The summed E-state index contributed by atoms with van der Waals surface area (Å²) in [6, 6.07) is 0. The first kappa shape index (κ1) is 12.2. The predicted molar refractivity (Wildman–Crippen MR) is 51.8 cm³/mol. The fourth-order valence-electron chi connectivity index (χ4n) is 1.12. The first-order valence-corrected chi connectivity index (χ1v) is 4.41. The standard InChI is InChI=1S/C8H19N3O2/c1-3-4-8(2,12)6-10-5-7(9)11-13/h10,12-13H,3-6H2,1-2H3,(H2,9,11). The minimum Gasteiger partial charge on any atom is -0.409 e. The predicted octanol–water partition coefficient (Wildman–Crippen LogP) is -0.126. The van der Waals surface area contributed by atoms with Gasteiger partial charge in [-0.1, -0.05) is 18.5 Å². The molecule has 0 aromatic heterocycles. The Morgan fingerprint density at radius 1 is 1.62 bits per heavy atom. The SMILES string of the molecule is CCCC(C)(O)CNCC(N)=NO. The van der Waals surface area contributed by atoms with E-state index in [2.05, 4.69) is 10.5 Å². The molecule has 5 heteroatoms. The van der Waals surface area contributed by atoms with E-state index in [1.807, 2.05) is 6.92 Å². The van der Waals surface area contributed by atoms with Crippen LogP contribution in [0.15, 0.2) is 5.16 Å². The molecular weight excluding hydrogens is 170 g/mol. The van der Waals surface area contributed by atoms with Crippen molar-refractivity contribution in [2.75, 3.05) is 13.1 Å². The molecule has 0 spiro atoms. The molecule has 0 radical (unpaired) electrons. The van der Waals surface area contributed by atoms with Crippen molar-refractivity contribution in [2.45, 2.75) is 32.3 Å². The Hall–Kier alpha value is -0.810. The smallest absolute Gasteiger partial charge is 0.153 e. The lowest BCUT2D eigenvalue weighted by molar-refractivity contribution is 0.0513. The van der Waals surface area contributed by atoms with Crippen molar-refractivity contribution in [3.05, 3.63) is 0 Å². The molecule has 0 aliphatic rings. The van der Waals surface area contributed by atoms with Crippen molar-refractivity contribution >= 4 is 5.84 Å². The minimum atomic E-state index is -0.718. The van der Waals surface area contributed by atoms with E-state index in [1.165, 1.54) is 0 Å². The second kappa shape index (κ2) is 5.77. The molecule has 0 heterocycles. The van der Waals surface area contributed by atoms with Crippen LogP contribution in [0.1, 0.15) is 26.7 Å². The summed E-state index contributed by atoms with van der Waals surface area (Å²) in [4.78, 5) is 0. The molecule has 0 bridgehead atoms. The Bertz CT molecular complexity index is 169. The van der Waals surface area contributed by atoms with Crippen LogP contribution in [0.3, 0.4) is 0 Å². The first-order valence-electron chi connectivity index (χ1n) is 4.41. The highest BCUT2D eigenvalue weighted by Gasteiger charge is 2.17. The molecular formula is C8H19N3O2. The summed E-state index contributed by atoms with van der Waals surface area (Å²) in [7, 11) is 0. The van der Waals surface area contributed by atoms with Gasteiger partial charge in [-0.25, -0.2) is 0 Å². The van der Waals surface area contributed by atoms with Crippen molar-refractivity contribution in [1.82, 2.24) is 5.32 Å². The molecule has 13 heavy (non-hydrogen) atoms. The summed E-state index contributed by atoms with van der Waals surface area (Å²) >= 11 is 0. The van der Waals surface area contributed by atoms with Crippen molar-refractivity contribution in [1.29, 1.82) is 0 Å². The lowest BCUT2D eigenvalue weighted by atomic mass is 10.0. The third kappa shape index (κ3) is 6.36. The topological polar surface area (TPSA) is 90.9 Å². The molecule has 0 saturated carbocycles. The van der Waals surface area contributed by atoms with Crippen LogP contribution in [-0.2, 0) is 0 Å². The van der Waals surface area contributed by atoms with Gasteiger partial charge in [-0.3, -0.25) is 0 Å². The molecule has 78 valence electrons. The number of nitrogens with zero attached hydrogens (tertiary/aromatic N) is 1. The Morgan fingerprint density at radius 3 is 2.69 bits per heavy atom. The number of oxime groups is 1. The first-order chi connectivity index (χ1) is 6.02. The third-order valence-corrected chi connectivity index (χ3v) is 1.73. The van der Waals surface area contributed by atoms with Gasteiger partial charge in [0.05, 0.1) is 12.1 Å². The second-order valence-corrected chi connectivity index (χ2v) is 3.44. The maximum absolute atomic E-state index is 9.69. The number of nitrogens with two attached hydrogens (primary N) is 1. The summed E-state index contributed by atoms with van der Waals surface area (Å²) in [6.07, 6.45) is 1.66. The summed E-state index contributed by atoms with van der Waals surface area (Å²) < 4.78 is 0. The quantitative estimate of drug-likeness (QED) is 0.203. The fraction of sp³-hybridized carbons (Fsp3) is 0.875. The monoisotopic (exact) mass is 189 g/mol. The molecule has 0 amide bonds. The molecule has 0 aromatic rings. The van der Waals surface area contributed by atoms with Crippen LogP contribution in [0.25, 0.3) is 0 Å². The van der Waals surface area contributed by atoms with E-state index < -0.39 is 5.60 Å². The Balaban J connectivity index is 3.63. The zero-order valence-electron chi connectivity index (χ0n) is 8.25. The highest BCUT2D eigenvalue weighted by atomic mass is 16.4. The highest BCUT2D eigenvalue weighted by molar-refractivity contribution is 5.81. The van der Waals surface area contributed by atoms with Gasteiger partial charge in [0.15, 0.2) is 5.84 Å². The normalized spacial score (nSPS) is 17.0. The van der Waals surface area contributed by atoms with Gasteiger partial charge in [0.25, 0.3) is 0 Å². The van der Waals surface area contributed by atoms with Crippen LogP contribution in [0.4, 0.5) is 0 Å². The molecule has 1 atom stereocenters. The number of amidine groups is 1. The van der Waals surface area contributed by atoms with Crippen LogP contribution in [0, 0.1) is 0 Å². The van der Waals surface area contributed by atoms with Crippen molar-refractivity contribution in [3.63, 3.8) is 0 Å². The van der Waals surface area contributed by atoms with E-state index in [1.54, 1.807) is 6.92 Å². The summed E-state index contributed by atoms with van der Waals surface area (Å²) in [5, 5.41) is 23.6. The number of aliphatic hydroxyl groups is 1. The number of nitrogens with one attached hydrogen (secondary N) is 1. The van der Waals surface area contributed by atoms with Gasteiger partial charge in [-0.15, -0.1) is 0 Å². The molecule has 0 saturated heterocycles. The maximum atomic E-state index is 9.69. The van der Waals surface area contributed by atoms with Crippen LogP contribution < -0.4 is 11.1 Å². The van der Waals surface area contributed by atoms with Gasteiger partial charge in [0.1, 0.15) is 0 Å². The zero-order valence-corrected chi connectivity index (χ0v) is 8.25. The molecule has 5 N–H and O–H groups in total. The van der Waals surface area contributed by atoms with E-state index in [0.717, 1.165) is 12.8 Å². The second-order valence-electron chi connectivity index (χ2n) is 3.44. The van der Waals surface area contributed by atoms with Gasteiger partial charge < -0.3 is 21.4 Å². The van der Waals surface area contributed by atoms with Crippen LogP contribution >= 0.6 is 0 Å². The Kier molecular flexibility index (Phi) is 5.41. The van der Waals surface area contributed by atoms with Crippen LogP contribution in [0.2, 0.25) is 0 Å². The molecule has 0 aliphatic heterocycles. The minimum absolute atomic E-state index is 0.118. The zero-order chi connectivity index (χ0) is 10.3. The average Bonchev–Trinajstić information content (AvgIpc) is 2.03. The van der Waals surface area contributed by atoms with E-state index in [9.17, 15) is 5.11 Å². The van der Waals surface area contributed by atoms with Gasteiger partial charge in [0, 0.05) is 6.54 Å². The summed E-state index contributed by atoms with van der Waals surface area (Å²) in [6.45, 7) is 4.50. The number of rotatable bonds is 6. The van der Waals surface area contributed by atoms with Crippen molar-refractivity contribution < 1.29 is 10.3 Å². The maximum Gasteiger partial charge on any atom is 0.153 e. The number of hydrogen-bond acceptors (Lipinski definition) is 4. The van der Waals surface area contributed by atoms with Crippen molar-refractivity contribution in [2.24, 2.45) is 10.9 Å². The largest absolute Gasteiger partial charge is 0.409 e. The summed E-state index contributed by atoms with van der Waals surface area (Å²) in [5.74, 6) is 0.118. The van der Waals surface area contributed by atoms with E-state index in [4.69, 9.17) is 10.9 Å².